The van der Waals surface area contributed by atoms with E-state index in [1.165, 1.54) is 7.11 Å². The van der Waals surface area contributed by atoms with E-state index in [9.17, 15) is 4.79 Å². The number of morpholine rings is 1. The predicted molar refractivity (Wildman–Crippen MR) is 50.9 cm³/mol. The standard InChI is InChI=1S/C10H17NO3/c1-13-10(12)4-7-2-8-5-14-6-9(3-7)11-8/h7-9,11H,2-6H2,1H3. The van der Waals surface area contributed by atoms with Gasteiger partial charge in [0.15, 0.2) is 0 Å². The third kappa shape index (κ3) is 2.25. The molecule has 0 saturated carbocycles. The minimum Gasteiger partial charge on any atom is -0.469 e. The Hall–Kier alpha value is -0.610. The van der Waals surface area contributed by atoms with Crippen molar-refractivity contribution in [1.82, 2.24) is 5.32 Å². The van der Waals surface area contributed by atoms with Crippen LogP contribution >= 0.6 is 0 Å². The van der Waals surface area contributed by atoms with Gasteiger partial charge >= 0.3 is 5.97 Å². The van der Waals surface area contributed by atoms with Crippen LogP contribution in [0.1, 0.15) is 19.3 Å². The summed E-state index contributed by atoms with van der Waals surface area (Å²) in [5.41, 5.74) is 0. The average molecular weight is 199 g/mol. The van der Waals surface area contributed by atoms with Crippen molar-refractivity contribution in [3.63, 3.8) is 0 Å². The monoisotopic (exact) mass is 199 g/mol. The Morgan fingerprint density at radius 1 is 1.43 bits per heavy atom. The van der Waals surface area contributed by atoms with E-state index in [2.05, 4.69) is 10.1 Å². The highest BCUT2D eigenvalue weighted by Gasteiger charge is 2.32. The van der Waals surface area contributed by atoms with Gasteiger partial charge in [0.25, 0.3) is 0 Å². The fraction of sp³-hybridized carbons (Fsp3) is 0.900. The fourth-order valence-electron chi connectivity index (χ4n) is 2.44. The summed E-state index contributed by atoms with van der Waals surface area (Å²) in [6, 6.07) is 0.884. The lowest BCUT2D eigenvalue weighted by molar-refractivity contribution is -0.142. The molecule has 2 fully saturated rings. The van der Waals surface area contributed by atoms with Crippen LogP contribution in [-0.2, 0) is 14.3 Å². The smallest absolute Gasteiger partial charge is 0.305 e. The van der Waals surface area contributed by atoms with Crippen molar-refractivity contribution >= 4 is 5.97 Å². The summed E-state index contributed by atoms with van der Waals surface area (Å²) < 4.78 is 10.1. The van der Waals surface area contributed by atoms with Crippen LogP contribution in [0.15, 0.2) is 0 Å². The van der Waals surface area contributed by atoms with Crippen LogP contribution in [0.2, 0.25) is 0 Å². The molecule has 4 heteroatoms. The van der Waals surface area contributed by atoms with Gasteiger partial charge in [-0.1, -0.05) is 0 Å². The predicted octanol–water partition coefficient (Wildman–Crippen LogP) is 0.316. The van der Waals surface area contributed by atoms with Crippen molar-refractivity contribution < 1.29 is 14.3 Å². The topological polar surface area (TPSA) is 47.6 Å². The second kappa shape index (κ2) is 4.28. The average Bonchev–Trinajstić information content (AvgIpc) is 2.17. The molecule has 2 aliphatic rings. The fourth-order valence-corrected chi connectivity index (χ4v) is 2.44. The molecule has 0 aromatic heterocycles. The Bertz CT molecular complexity index is 207. The van der Waals surface area contributed by atoms with E-state index in [1.807, 2.05) is 0 Å². The number of hydrogen-bond donors (Lipinski definition) is 1. The van der Waals surface area contributed by atoms with Gasteiger partial charge in [-0.05, 0) is 18.8 Å². The Balaban J connectivity index is 1.86. The molecule has 2 bridgehead atoms. The van der Waals surface area contributed by atoms with Gasteiger partial charge in [0.2, 0.25) is 0 Å². The molecule has 14 heavy (non-hydrogen) atoms. The number of rotatable bonds is 2. The SMILES string of the molecule is COC(=O)CC1CC2COCC(C1)N2. The molecule has 2 atom stereocenters. The van der Waals surface area contributed by atoms with Crippen molar-refractivity contribution in [2.75, 3.05) is 20.3 Å². The van der Waals surface area contributed by atoms with Crippen molar-refractivity contribution in [2.45, 2.75) is 31.3 Å². The maximum Gasteiger partial charge on any atom is 0.305 e. The molecule has 0 aliphatic carbocycles. The third-order valence-electron chi connectivity index (χ3n) is 3.03. The van der Waals surface area contributed by atoms with Crippen LogP contribution in [0.25, 0.3) is 0 Å². The molecule has 2 unspecified atom stereocenters. The van der Waals surface area contributed by atoms with Crippen molar-refractivity contribution in [2.24, 2.45) is 5.92 Å². The zero-order valence-electron chi connectivity index (χ0n) is 8.49. The van der Waals surface area contributed by atoms with Crippen LogP contribution < -0.4 is 5.32 Å². The van der Waals surface area contributed by atoms with Gasteiger partial charge in [-0.2, -0.15) is 0 Å². The quantitative estimate of drug-likeness (QED) is 0.650. The molecule has 1 N–H and O–H groups in total. The van der Waals surface area contributed by atoms with E-state index in [0.717, 1.165) is 26.1 Å². The molecule has 4 nitrogen and oxygen atoms in total. The number of carbonyl (C=O) groups is 1. The minimum atomic E-state index is -0.0871. The Morgan fingerprint density at radius 3 is 2.64 bits per heavy atom. The lowest BCUT2D eigenvalue weighted by Gasteiger charge is -2.39. The van der Waals surface area contributed by atoms with Crippen molar-refractivity contribution in [3.05, 3.63) is 0 Å². The van der Waals surface area contributed by atoms with Crippen LogP contribution in [0.4, 0.5) is 0 Å². The molecule has 2 aliphatic heterocycles. The van der Waals surface area contributed by atoms with Crippen LogP contribution in [0.5, 0.6) is 0 Å². The summed E-state index contributed by atoms with van der Waals surface area (Å²) in [4.78, 5) is 11.1. The van der Waals surface area contributed by atoms with Crippen molar-refractivity contribution in [3.8, 4) is 0 Å². The summed E-state index contributed by atoms with van der Waals surface area (Å²) in [6.07, 6.45) is 2.63. The number of piperidine rings is 1. The molecule has 0 radical (unpaired) electrons. The lowest BCUT2D eigenvalue weighted by Crippen LogP contribution is -2.54. The second-order valence-corrected chi connectivity index (χ2v) is 4.22. The molecule has 2 saturated heterocycles. The first kappa shape index (κ1) is 9.93. The summed E-state index contributed by atoms with van der Waals surface area (Å²) in [7, 11) is 1.45. The number of methoxy groups -OCH3 is 1. The minimum absolute atomic E-state index is 0.0871. The highest BCUT2D eigenvalue weighted by Crippen LogP contribution is 2.26. The number of fused-ring (bicyclic) bond motifs is 2. The third-order valence-corrected chi connectivity index (χ3v) is 3.03. The molecular formula is C10H17NO3. The van der Waals surface area contributed by atoms with Crippen LogP contribution in [0, 0.1) is 5.92 Å². The Morgan fingerprint density at radius 2 is 2.07 bits per heavy atom. The first-order chi connectivity index (χ1) is 6.78. The molecule has 2 heterocycles. The highest BCUT2D eigenvalue weighted by atomic mass is 16.5. The Labute approximate surface area is 84.0 Å². The van der Waals surface area contributed by atoms with Gasteiger partial charge in [-0.15, -0.1) is 0 Å². The summed E-state index contributed by atoms with van der Waals surface area (Å²) >= 11 is 0. The zero-order valence-corrected chi connectivity index (χ0v) is 8.49. The molecule has 0 aromatic rings. The number of carbonyl (C=O) groups excluding carboxylic acids is 1. The lowest BCUT2D eigenvalue weighted by atomic mass is 9.85. The van der Waals surface area contributed by atoms with E-state index >= 15 is 0 Å². The molecule has 0 amide bonds. The summed E-state index contributed by atoms with van der Waals surface area (Å²) in [6.45, 7) is 1.57. The van der Waals surface area contributed by atoms with Crippen LogP contribution in [-0.4, -0.2) is 38.4 Å². The second-order valence-electron chi connectivity index (χ2n) is 4.22. The van der Waals surface area contributed by atoms with E-state index < -0.39 is 0 Å². The maximum absolute atomic E-state index is 11.1. The zero-order chi connectivity index (χ0) is 9.97. The molecule has 0 aromatic carbocycles. The number of ether oxygens (including phenoxy) is 2. The van der Waals surface area contributed by atoms with Crippen LogP contribution in [0.3, 0.4) is 0 Å². The van der Waals surface area contributed by atoms with Gasteiger partial charge < -0.3 is 14.8 Å². The van der Waals surface area contributed by atoms with Gasteiger partial charge in [0.1, 0.15) is 0 Å². The molecular weight excluding hydrogens is 182 g/mol. The number of nitrogens with one attached hydrogen (secondary N) is 1. The van der Waals surface area contributed by atoms with E-state index in [4.69, 9.17) is 4.74 Å². The Kier molecular flexibility index (Phi) is 3.03. The number of esters is 1. The normalized spacial score (nSPS) is 36.5. The number of hydrogen-bond acceptors (Lipinski definition) is 4. The molecule has 2 rings (SSSR count). The first-order valence-electron chi connectivity index (χ1n) is 5.18. The van der Waals surface area contributed by atoms with Gasteiger partial charge in [0.05, 0.1) is 20.3 Å². The maximum atomic E-state index is 11.1. The van der Waals surface area contributed by atoms with E-state index in [-0.39, 0.29) is 5.97 Å². The summed E-state index contributed by atoms with van der Waals surface area (Å²) in [5.74, 6) is 0.387. The van der Waals surface area contributed by atoms with Gasteiger partial charge in [-0.3, -0.25) is 4.79 Å². The molecule has 0 spiro atoms. The van der Waals surface area contributed by atoms with E-state index in [0.29, 0.717) is 24.4 Å². The molecule has 80 valence electrons. The first-order valence-corrected chi connectivity index (χ1v) is 5.18. The summed E-state index contributed by atoms with van der Waals surface area (Å²) in [5, 5.41) is 3.50. The van der Waals surface area contributed by atoms with Crippen molar-refractivity contribution in [1.29, 1.82) is 0 Å². The highest BCUT2D eigenvalue weighted by molar-refractivity contribution is 5.69. The largest absolute Gasteiger partial charge is 0.469 e. The van der Waals surface area contributed by atoms with Gasteiger partial charge in [-0.25, -0.2) is 0 Å². The van der Waals surface area contributed by atoms with Gasteiger partial charge in [0, 0.05) is 18.5 Å². The van der Waals surface area contributed by atoms with E-state index in [1.54, 1.807) is 0 Å².